The zero-order chi connectivity index (χ0) is 10.9. The summed E-state index contributed by atoms with van der Waals surface area (Å²) in [5, 5.41) is 2.04. The first-order valence-corrected chi connectivity index (χ1v) is 3.90. The van der Waals surface area contributed by atoms with Gasteiger partial charge in [0.25, 0.3) is 11.8 Å². The molecule has 0 unspecified atom stereocenters. The largest absolute Gasteiger partial charge is 0.330 e. The van der Waals surface area contributed by atoms with Crippen LogP contribution in [-0.2, 0) is 9.59 Å². The highest BCUT2D eigenvalue weighted by Crippen LogP contribution is 2.26. The molecule has 0 aromatic carbocycles. The predicted molar refractivity (Wildman–Crippen MR) is 49.1 cm³/mol. The minimum Gasteiger partial charge on any atom is -0.276 e. The number of imide groups is 2. The molecule has 1 saturated heterocycles. The average molecular weight is 194 g/mol. The van der Waals surface area contributed by atoms with Gasteiger partial charge < -0.3 is 0 Å². The first-order chi connectivity index (χ1) is 6.49. The molecule has 0 aliphatic carbocycles. The van der Waals surface area contributed by atoms with Gasteiger partial charge in [-0.1, -0.05) is 12.2 Å². The Labute approximate surface area is 81.1 Å². The Morgan fingerprint density at radius 1 is 1.29 bits per heavy atom. The molecule has 1 N–H and O–H groups in total. The van der Waals surface area contributed by atoms with Crippen LogP contribution < -0.4 is 5.32 Å². The molecular weight excluding hydrogens is 184 g/mol. The maximum absolute atomic E-state index is 11.6. The highest BCUT2D eigenvalue weighted by molar-refractivity contribution is 6.21. The molecule has 74 valence electrons. The minimum atomic E-state index is -1.53. The second-order valence-corrected chi connectivity index (χ2v) is 2.90. The summed E-state index contributed by atoms with van der Waals surface area (Å²) in [6, 6.07) is -0.737. The van der Waals surface area contributed by atoms with Crippen molar-refractivity contribution >= 4 is 17.8 Å². The maximum Gasteiger partial charge on any atom is 0.330 e. The third kappa shape index (κ3) is 1.06. The third-order valence-corrected chi connectivity index (χ3v) is 2.20. The molecule has 0 radical (unpaired) electrons. The molecule has 0 atom stereocenters. The van der Waals surface area contributed by atoms with Crippen LogP contribution >= 0.6 is 0 Å². The number of nitrogens with zero attached hydrogens (tertiary/aromatic N) is 1. The van der Waals surface area contributed by atoms with Gasteiger partial charge in [-0.25, -0.2) is 4.79 Å². The second kappa shape index (κ2) is 3.10. The van der Waals surface area contributed by atoms with E-state index in [2.05, 4.69) is 13.2 Å². The van der Waals surface area contributed by atoms with Crippen LogP contribution in [0.4, 0.5) is 4.79 Å². The molecule has 1 aliphatic rings. The molecule has 14 heavy (non-hydrogen) atoms. The summed E-state index contributed by atoms with van der Waals surface area (Å²) in [5.41, 5.74) is -1.53. The Balaban J connectivity index is 3.25. The van der Waals surface area contributed by atoms with Crippen LogP contribution in [0.25, 0.3) is 0 Å². The Morgan fingerprint density at radius 2 is 1.79 bits per heavy atom. The van der Waals surface area contributed by atoms with Crippen molar-refractivity contribution < 1.29 is 14.4 Å². The van der Waals surface area contributed by atoms with Crippen molar-refractivity contribution in [2.45, 2.75) is 0 Å². The molecule has 4 amide bonds. The van der Waals surface area contributed by atoms with Gasteiger partial charge in [0.1, 0.15) is 0 Å². The zero-order valence-corrected chi connectivity index (χ0v) is 7.74. The molecule has 0 bridgehead atoms. The number of nitrogens with one attached hydrogen (secondary N) is 1. The Bertz CT molecular complexity index is 338. The summed E-state index contributed by atoms with van der Waals surface area (Å²) in [4.78, 5) is 34.9. The topological polar surface area (TPSA) is 66.5 Å². The van der Waals surface area contributed by atoms with Crippen LogP contribution in [0.2, 0.25) is 0 Å². The SMILES string of the molecule is C=CC1(C=C)C(=O)NC(=O)N(C)C1=O. The van der Waals surface area contributed by atoms with Gasteiger partial charge in [0, 0.05) is 7.05 Å². The van der Waals surface area contributed by atoms with E-state index in [9.17, 15) is 14.4 Å². The van der Waals surface area contributed by atoms with Crippen LogP contribution in [0.5, 0.6) is 0 Å². The van der Waals surface area contributed by atoms with Crippen LogP contribution in [0.1, 0.15) is 0 Å². The van der Waals surface area contributed by atoms with E-state index >= 15 is 0 Å². The van der Waals surface area contributed by atoms with Gasteiger partial charge in [-0.2, -0.15) is 0 Å². The molecule has 5 heteroatoms. The minimum absolute atomic E-state index is 0.642. The number of carbonyl (C=O) groups excluding carboxylic acids is 3. The molecule has 5 nitrogen and oxygen atoms in total. The standard InChI is InChI=1S/C9H10N2O3/c1-4-9(5-2)6(12)10-8(14)11(3)7(9)13/h4-5H,1-2H2,3H3,(H,10,12,14). The number of rotatable bonds is 2. The summed E-state index contributed by atoms with van der Waals surface area (Å²) in [7, 11) is 1.28. The van der Waals surface area contributed by atoms with Gasteiger partial charge in [-0.3, -0.25) is 19.8 Å². The van der Waals surface area contributed by atoms with E-state index in [1.54, 1.807) is 0 Å². The number of carbonyl (C=O) groups is 3. The van der Waals surface area contributed by atoms with E-state index in [0.29, 0.717) is 0 Å². The van der Waals surface area contributed by atoms with Gasteiger partial charge in [-0.05, 0) is 0 Å². The molecule has 0 aromatic heterocycles. The van der Waals surface area contributed by atoms with Crippen molar-refractivity contribution in [1.29, 1.82) is 0 Å². The van der Waals surface area contributed by atoms with Crippen molar-refractivity contribution in [3.05, 3.63) is 25.3 Å². The average Bonchev–Trinajstić information content (AvgIpc) is 2.17. The molecule has 0 saturated carbocycles. The van der Waals surface area contributed by atoms with E-state index in [0.717, 1.165) is 4.90 Å². The number of amides is 4. The molecule has 1 aliphatic heterocycles. The van der Waals surface area contributed by atoms with E-state index in [-0.39, 0.29) is 0 Å². The van der Waals surface area contributed by atoms with Crippen molar-refractivity contribution in [3.8, 4) is 0 Å². The lowest BCUT2D eigenvalue weighted by atomic mass is 9.84. The van der Waals surface area contributed by atoms with E-state index in [1.807, 2.05) is 5.32 Å². The van der Waals surface area contributed by atoms with Crippen molar-refractivity contribution in [3.63, 3.8) is 0 Å². The van der Waals surface area contributed by atoms with Crippen LogP contribution in [0.15, 0.2) is 25.3 Å². The van der Waals surface area contributed by atoms with E-state index < -0.39 is 23.3 Å². The highest BCUT2D eigenvalue weighted by Gasteiger charge is 2.48. The fourth-order valence-electron chi connectivity index (χ4n) is 1.19. The summed E-state index contributed by atoms with van der Waals surface area (Å²) in [5.74, 6) is -1.35. The fraction of sp³-hybridized carbons (Fsp3) is 0.222. The lowest BCUT2D eigenvalue weighted by Gasteiger charge is -2.33. The van der Waals surface area contributed by atoms with Crippen LogP contribution in [0, 0.1) is 5.41 Å². The van der Waals surface area contributed by atoms with Crippen LogP contribution in [0.3, 0.4) is 0 Å². The Kier molecular flexibility index (Phi) is 2.25. The van der Waals surface area contributed by atoms with Gasteiger partial charge in [0.15, 0.2) is 5.41 Å². The number of urea groups is 1. The van der Waals surface area contributed by atoms with Gasteiger partial charge >= 0.3 is 6.03 Å². The quantitative estimate of drug-likeness (QED) is 0.499. The van der Waals surface area contributed by atoms with Crippen molar-refractivity contribution in [2.24, 2.45) is 5.41 Å². The highest BCUT2D eigenvalue weighted by atomic mass is 16.2. The van der Waals surface area contributed by atoms with Gasteiger partial charge in [-0.15, -0.1) is 13.2 Å². The van der Waals surface area contributed by atoms with Crippen molar-refractivity contribution in [1.82, 2.24) is 10.2 Å². The van der Waals surface area contributed by atoms with E-state index in [1.165, 1.54) is 19.2 Å². The summed E-state index contributed by atoms with van der Waals surface area (Å²) in [6.45, 7) is 6.79. The second-order valence-electron chi connectivity index (χ2n) is 2.90. The van der Waals surface area contributed by atoms with E-state index in [4.69, 9.17) is 0 Å². The monoisotopic (exact) mass is 194 g/mol. The lowest BCUT2D eigenvalue weighted by Crippen LogP contribution is -2.61. The molecule has 1 heterocycles. The predicted octanol–water partition coefficient (Wildman–Crippen LogP) is 0.0530. The van der Waals surface area contributed by atoms with Crippen molar-refractivity contribution in [2.75, 3.05) is 7.05 Å². The molecule has 1 fully saturated rings. The fourth-order valence-corrected chi connectivity index (χ4v) is 1.19. The molecule has 0 spiro atoms. The third-order valence-electron chi connectivity index (χ3n) is 2.20. The van der Waals surface area contributed by atoms with Crippen LogP contribution in [-0.4, -0.2) is 29.8 Å². The zero-order valence-electron chi connectivity index (χ0n) is 7.74. The smallest absolute Gasteiger partial charge is 0.276 e. The molecular formula is C9H10N2O3. The number of hydrogen-bond donors (Lipinski definition) is 1. The Hall–Kier alpha value is -1.91. The lowest BCUT2D eigenvalue weighted by molar-refractivity contribution is -0.144. The van der Waals surface area contributed by atoms with Gasteiger partial charge in [0.05, 0.1) is 0 Å². The first-order valence-electron chi connectivity index (χ1n) is 3.90. The Morgan fingerprint density at radius 3 is 2.21 bits per heavy atom. The summed E-state index contributed by atoms with van der Waals surface area (Å²) in [6.07, 6.45) is 2.33. The molecule has 1 rings (SSSR count). The first kappa shape index (κ1) is 10.2. The van der Waals surface area contributed by atoms with Gasteiger partial charge in [0.2, 0.25) is 0 Å². The summed E-state index contributed by atoms with van der Waals surface area (Å²) < 4.78 is 0. The number of hydrogen-bond acceptors (Lipinski definition) is 3. The molecule has 0 aromatic rings. The summed E-state index contributed by atoms with van der Waals surface area (Å²) >= 11 is 0. The maximum atomic E-state index is 11.6. The normalized spacial score (nSPS) is 20.4. The number of barbiturate groups is 1.